The van der Waals surface area contributed by atoms with Crippen molar-refractivity contribution in [3.05, 3.63) is 44.5 Å². The number of carboxylic acids is 1. The van der Waals surface area contributed by atoms with Crippen molar-refractivity contribution in [2.45, 2.75) is 59.8 Å². The van der Waals surface area contributed by atoms with Crippen LogP contribution in [0.25, 0.3) is 21.9 Å². The SMILES string of the molecule is Cc1oc2c(c(C)cc3oc(=O)c(CC(=O)NCC4CCC(C(=O)[O-])CC4)c(C)c32)c1C. The molecule has 7 nitrogen and oxygen atoms in total. The van der Waals surface area contributed by atoms with Crippen LogP contribution in [0, 0.1) is 39.5 Å². The summed E-state index contributed by atoms with van der Waals surface area (Å²) in [6.45, 7) is 8.16. The molecule has 7 heteroatoms. The molecule has 1 saturated carbocycles. The molecule has 1 aliphatic rings. The molecule has 1 amide bonds. The second-order valence-corrected chi connectivity index (χ2v) is 9.06. The second-order valence-electron chi connectivity index (χ2n) is 9.06. The smallest absolute Gasteiger partial charge is 0.340 e. The number of nitrogens with one attached hydrogen (secondary N) is 1. The highest BCUT2D eigenvalue weighted by Gasteiger charge is 2.24. The molecule has 4 rings (SSSR count). The molecular weight excluding hydrogens is 410 g/mol. The fourth-order valence-corrected chi connectivity index (χ4v) is 4.92. The zero-order chi connectivity index (χ0) is 23.2. The van der Waals surface area contributed by atoms with Crippen molar-refractivity contribution < 1.29 is 23.5 Å². The quantitative estimate of drug-likeness (QED) is 0.613. The number of furan rings is 1. The number of hydrogen-bond donors (Lipinski definition) is 1. The van der Waals surface area contributed by atoms with E-state index in [1.165, 1.54) is 0 Å². The third kappa shape index (κ3) is 3.92. The number of benzene rings is 1. The van der Waals surface area contributed by atoms with Gasteiger partial charge < -0.3 is 24.1 Å². The molecule has 0 spiro atoms. The Labute approximate surface area is 185 Å². The standard InChI is InChI=1S/C25H29NO6/c1-12-9-19-22(23-21(12)13(2)15(4)31-23)14(3)18(25(30)32-19)10-20(27)26-11-16-5-7-17(8-6-16)24(28)29/h9,16-17H,5-8,10-11H2,1-4H3,(H,26,27)(H,28,29)/p-1. The number of aryl methyl sites for hydroxylation is 4. The fraction of sp³-hybridized carbons (Fsp3) is 0.480. The predicted molar refractivity (Wildman–Crippen MR) is 118 cm³/mol. The fourth-order valence-electron chi connectivity index (χ4n) is 4.92. The lowest BCUT2D eigenvalue weighted by Gasteiger charge is -2.29. The van der Waals surface area contributed by atoms with Crippen LogP contribution >= 0.6 is 0 Å². The average molecular weight is 439 g/mol. The Morgan fingerprint density at radius 1 is 1.03 bits per heavy atom. The Morgan fingerprint density at radius 3 is 2.38 bits per heavy atom. The van der Waals surface area contributed by atoms with Gasteiger partial charge in [0.05, 0.1) is 17.4 Å². The van der Waals surface area contributed by atoms with Gasteiger partial charge in [0.25, 0.3) is 0 Å². The summed E-state index contributed by atoms with van der Waals surface area (Å²) >= 11 is 0. The maximum atomic E-state index is 12.7. The molecule has 0 atom stereocenters. The molecule has 0 radical (unpaired) electrons. The van der Waals surface area contributed by atoms with E-state index in [4.69, 9.17) is 8.83 Å². The first-order valence-corrected chi connectivity index (χ1v) is 11.1. The molecule has 0 unspecified atom stereocenters. The first-order valence-electron chi connectivity index (χ1n) is 11.1. The summed E-state index contributed by atoms with van der Waals surface area (Å²) in [6, 6.07) is 1.85. The lowest BCUT2D eigenvalue weighted by molar-refractivity contribution is -0.312. The molecule has 0 bridgehead atoms. The van der Waals surface area contributed by atoms with Gasteiger partial charge in [-0.3, -0.25) is 4.79 Å². The van der Waals surface area contributed by atoms with Gasteiger partial charge in [-0.15, -0.1) is 0 Å². The van der Waals surface area contributed by atoms with Gasteiger partial charge in [0.1, 0.15) is 16.9 Å². The molecule has 0 saturated heterocycles. The Balaban J connectivity index is 1.55. The molecule has 3 aromatic rings. The van der Waals surface area contributed by atoms with Gasteiger partial charge in [0.2, 0.25) is 5.91 Å². The Morgan fingerprint density at radius 2 is 1.72 bits per heavy atom. The number of aliphatic carboxylic acids is 1. The van der Waals surface area contributed by atoms with E-state index in [-0.39, 0.29) is 24.2 Å². The summed E-state index contributed by atoms with van der Waals surface area (Å²) in [7, 11) is 0. The molecule has 1 N–H and O–H groups in total. The third-order valence-electron chi connectivity index (χ3n) is 6.98. The lowest BCUT2D eigenvalue weighted by atomic mass is 9.82. The molecule has 32 heavy (non-hydrogen) atoms. The summed E-state index contributed by atoms with van der Waals surface area (Å²) in [5.74, 6) is -0.579. The summed E-state index contributed by atoms with van der Waals surface area (Å²) in [4.78, 5) is 36.3. The zero-order valence-corrected chi connectivity index (χ0v) is 18.9. The second kappa shape index (κ2) is 8.45. The number of fused-ring (bicyclic) bond motifs is 3. The third-order valence-corrected chi connectivity index (χ3v) is 6.98. The highest BCUT2D eigenvalue weighted by Crippen LogP contribution is 2.36. The van der Waals surface area contributed by atoms with Crippen LogP contribution < -0.4 is 16.0 Å². The van der Waals surface area contributed by atoms with E-state index in [0.717, 1.165) is 40.5 Å². The van der Waals surface area contributed by atoms with Crippen LogP contribution in [0.4, 0.5) is 0 Å². The summed E-state index contributed by atoms with van der Waals surface area (Å²) in [5, 5.41) is 15.6. The lowest BCUT2D eigenvalue weighted by Crippen LogP contribution is -2.37. The average Bonchev–Trinajstić information content (AvgIpc) is 3.04. The van der Waals surface area contributed by atoms with Gasteiger partial charge in [-0.1, -0.05) is 0 Å². The molecule has 170 valence electrons. The molecule has 0 aliphatic heterocycles. The molecular formula is C25H28NO6-. The van der Waals surface area contributed by atoms with Gasteiger partial charge in [-0.05, 0) is 88.0 Å². The molecule has 1 fully saturated rings. The van der Waals surface area contributed by atoms with Crippen LogP contribution in [-0.2, 0) is 16.0 Å². The van der Waals surface area contributed by atoms with E-state index in [1.807, 2.05) is 33.8 Å². The van der Waals surface area contributed by atoms with Crippen molar-refractivity contribution in [1.29, 1.82) is 0 Å². The maximum absolute atomic E-state index is 12.7. The van der Waals surface area contributed by atoms with E-state index in [9.17, 15) is 19.5 Å². The number of rotatable bonds is 5. The number of hydrogen-bond acceptors (Lipinski definition) is 6. The highest BCUT2D eigenvalue weighted by atomic mass is 16.4. The normalized spacial score (nSPS) is 18.9. The highest BCUT2D eigenvalue weighted by molar-refractivity contribution is 6.07. The molecule has 2 aromatic heterocycles. The zero-order valence-electron chi connectivity index (χ0n) is 18.9. The molecule has 2 heterocycles. The van der Waals surface area contributed by atoms with E-state index < -0.39 is 11.6 Å². The minimum atomic E-state index is -0.989. The predicted octanol–water partition coefficient (Wildman–Crippen LogP) is 2.99. The van der Waals surface area contributed by atoms with Crippen LogP contribution in [0.3, 0.4) is 0 Å². The number of carbonyl (C=O) groups is 2. The first kappa shape index (κ1) is 22.1. The van der Waals surface area contributed by atoms with Crippen molar-refractivity contribution >= 4 is 33.8 Å². The minimum absolute atomic E-state index is 0.0768. The Kier molecular flexibility index (Phi) is 5.84. The largest absolute Gasteiger partial charge is 0.550 e. The topological polar surface area (TPSA) is 113 Å². The van der Waals surface area contributed by atoms with E-state index in [2.05, 4.69) is 5.32 Å². The Bertz CT molecular complexity index is 1270. The minimum Gasteiger partial charge on any atom is -0.550 e. The summed E-state index contributed by atoms with van der Waals surface area (Å²) in [5.41, 5.74) is 3.68. The van der Waals surface area contributed by atoms with Crippen LogP contribution in [0.1, 0.15) is 53.7 Å². The van der Waals surface area contributed by atoms with Gasteiger partial charge in [-0.25, -0.2) is 4.79 Å². The van der Waals surface area contributed by atoms with Crippen molar-refractivity contribution in [2.24, 2.45) is 11.8 Å². The molecule has 1 aliphatic carbocycles. The molecule has 1 aromatic carbocycles. The number of amides is 1. The van der Waals surface area contributed by atoms with E-state index in [0.29, 0.717) is 41.7 Å². The van der Waals surface area contributed by atoms with Gasteiger partial charge in [0.15, 0.2) is 0 Å². The first-order chi connectivity index (χ1) is 15.2. The van der Waals surface area contributed by atoms with Crippen LogP contribution in [0.2, 0.25) is 0 Å². The van der Waals surface area contributed by atoms with Crippen LogP contribution in [-0.4, -0.2) is 18.4 Å². The van der Waals surface area contributed by atoms with Gasteiger partial charge >= 0.3 is 5.63 Å². The maximum Gasteiger partial charge on any atom is 0.340 e. The van der Waals surface area contributed by atoms with E-state index in [1.54, 1.807) is 0 Å². The monoisotopic (exact) mass is 438 g/mol. The summed E-state index contributed by atoms with van der Waals surface area (Å²) < 4.78 is 11.6. The van der Waals surface area contributed by atoms with Gasteiger partial charge in [-0.2, -0.15) is 0 Å². The van der Waals surface area contributed by atoms with Crippen LogP contribution in [0.15, 0.2) is 19.7 Å². The Hall–Kier alpha value is -3.09. The van der Waals surface area contributed by atoms with E-state index >= 15 is 0 Å². The van der Waals surface area contributed by atoms with Crippen molar-refractivity contribution in [2.75, 3.05) is 6.54 Å². The van der Waals surface area contributed by atoms with Gasteiger partial charge in [0, 0.05) is 17.9 Å². The van der Waals surface area contributed by atoms with Crippen molar-refractivity contribution in [3.8, 4) is 0 Å². The number of carboxylic acid groups (broad SMARTS) is 1. The van der Waals surface area contributed by atoms with Crippen molar-refractivity contribution in [3.63, 3.8) is 0 Å². The van der Waals surface area contributed by atoms with Crippen LogP contribution in [0.5, 0.6) is 0 Å². The number of carbonyl (C=O) groups excluding carboxylic acids is 2. The summed E-state index contributed by atoms with van der Waals surface area (Å²) in [6.07, 6.45) is 2.56. The van der Waals surface area contributed by atoms with Crippen molar-refractivity contribution in [1.82, 2.24) is 5.32 Å².